The lowest BCUT2D eigenvalue weighted by Gasteiger charge is -2.34. The van der Waals surface area contributed by atoms with Gasteiger partial charge in [0.2, 0.25) is 11.8 Å². The molecule has 0 saturated heterocycles. The molecule has 0 saturated carbocycles. The monoisotopic (exact) mass is 725 g/mol. The van der Waals surface area contributed by atoms with Crippen LogP contribution < -0.4 is 14.4 Å². The third-order valence-electron chi connectivity index (χ3n) is 7.24. The number of aryl methyl sites for hydroxylation is 1. The second-order valence-electron chi connectivity index (χ2n) is 11.2. The van der Waals surface area contributed by atoms with E-state index in [1.807, 2.05) is 75.4 Å². The number of ether oxygens (including phenoxy) is 1. The fourth-order valence-corrected chi connectivity index (χ4v) is 7.01. The van der Waals surface area contributed by atoms with Gasteiger partial charge in [0.15, 0.2) is 0 Å². The maximum Gasteiger partial charge on any atom is 0.264 e. The molecular formula is C35H37BrClN3O5S. The molecular weight excluding hydrogens is 690 g/mol. The number of carbonyl (C=O) groups excluding carboxylic acids is 2. The summed E-state index contributed by atoms with van der Waals surface area (Å²) in [7, 11) is -2.90. The van der Waals surface area contributed by atoms with Gasteiger partial charge in [-0.05, 0) is 74.4 Å². The van der Waals surface area contributed by atoms with E-state index in [1.54, 1.807) is 24.3 Å². The van der Waals surface area contributed by atoms with Crippen LogP contribution in [0, 0.1) is 6.92 Å². The molecule has 0 heterocycles. The first-order chi connectivity index (χ1) is 21.9. The van der Waals surface area contributed by atoms with Gasteiger partial charge in [-0.25, -0.2) is 8.42 Å². The van der Waals surface area contributed by atoms with E-state index in [0.717, 1.165) is 25.5 Å². The summed E-state index contributed by atoms with van der Waals surface area (Å²) in [5.41, 5.74) is 2.57. The summed E-state index contributed by atoms with van der Waals surface area (Å²) in [6.45, 7) is 4.97. The molecule has 1 N–H and O–H groups in total. The maximum atomic E-state index is 14.6. The summed E-state index contributed by atoms with van der Waals surface area (Å²) in [6.07, 6.45) is 0.213. The number of carbonyl (C=O) groups is 2. The van der Waals surface area contributed by atoms with Crippen LogP contribution in [0.5, 0.6) is 5.75 Å². The molecule has 0 radical (unpaired) electrons. The van der Waals surface area contributed by atoms with Crippen LogP contribution in [-0.2, 0) is 32.6 Å². The van der Waals surface area contributed by atoms with Gasteiger partial charge in [-0.2, -0.15) is 0 Å². The van der Waals surface area contributed by atoms with E-state index in [0.29, 0.717) is 0 Å². The summed E-state index contributed by atoms with van der Waals surface area (Å²) in [4.78, 5) is 29.9. The van der Waals surface area contributed by atoms with Crippen molar-refractivity contribution in [2.45, 2.75) is 50.7 Å². The Bertz CT molecular complexity index is 1770. The van der Waals surface area contributed by atoms with E-state index in [-0.39, 0.29) is 46.3 Å². The minimum Gasteiger partial charge on any atom is -0.495 e. The zero-order valence-electron chi connectivity index (χ0n) is 26.1. The molecule has 4 aromatic carbocycles. The number of nitrogens with one attached hydrogen (secondary N) is 1. The second-order valence-corrected chi connectivity index (χ2v) is 14.4. The molecule has 0 aliphatic heterocycles. The quantitative estimate of drug-likeness (QED) is 0.164. The van der Waals surface area contributed by atoms with Crippen molar-refractivity contribution in [1.29, 1.82) is 0 Å². The van der Waals surface area contributed by atoms with Gasteiger partial charge in [-0.15, -0.1) is 0 Å². The van der Waals surface area contributed by atoms with Gasteiger partial charge < -0.3 is 15.0 Å². The topological polar surface area (TPSA) is 96.0 Å². The first kappa shape index (κ1) is 35.0. The normalized spacial score (nSPS) is 12.0. The minimum atomic E-state index is -4.31. The average molecular weight is 727 g/mol. The summed E-state index contributed by atoms with van der Waals surface area (Å²) in [5.74, 6) is -0.724. The second kappa shape index (κ2) is 15.6. The van der Waals surface area contributed by atoms with E-state index in [4.69, 9.17) is 16.3 Å². The lowest BCUT2D eigenvalue weighted by molar-refractivity contribution is -0.140. The lowest BCUT2D eigenvalue weighted by atomic mass is 10.0. The standard InChI is InChI=1S/C35H37BrClN3O5S/c1-24(2)38-35(42)32(20-26-9-6-5-7-10-26)39(22-27-11-8-12-28(36)19-27)34(41)23-40(31-21-29(37)15-18-33(31)45-4)46(43,44)30-16-13-25(3)14-17-30/h5-19,21,24,32H,20,22-23H2,1-4H3,(H,38,42)/t32-/m0/s1. The number of sulfonamides is 1. The van der Waals surface area contributed by atoms with E-state index >= 15 is 0 Å². The molecule has 46 heavy (non-hydrogen) atoms. The summed E-state index contributed by atoms with van der Waals surface area (Å²) < 4.78 is 35.9. The summed E-state index contributed by atoms with van der Waals surface area (Å²) >= 11 is 9.85. The van der Waals surface area contributed by atoms with Crippen molar-refractivity contribution < 1.29 is 22.7 Å². The van der Waals surface area contributed by atoms with E-state index < -0.39 is 28.5 Å². The number of benzene rings is 4. The third kappa shape index (κ3) is 8.90. The van der Waals surface area contributed by atoms with Crippen LogP contribution in [-0.4, -0.2) is 50.9 Å². The number of hydrogen-bond donors (Lipinski definition) is 1. The fourth-order valence-electron chi connectivity index (χ4n) is 4.98. The van der Waals surface area contributed by atoms with E-state index in [9.17, 15) is 18.0 Å². The molecule has 2 amide bonds. The molecule has 1 atom stereocenters. The number of amides is 2. The number of anilines is 1. The minimum absolute atomic E-state index is 0.00939. The Morgan fingerprint density at radius 2 is 1.59 bits per heavy atom. The number of rotatable bonds is 13. The van der Waals surface area contributed by atoms with Gasteiger partial charge in [-0.3, -0.25) is 13.9 Å². The molecule has 0 unspecified atom stereocenters. The predicted octanol–water partition coefficient (Wildman–Crippen LogP) is 6.78. The molecule has 0 spiro atoms. The highest BCUT2D eigenvalue weighted by Crippen LogP contribution is 2.35. The summed E-state index contributed by atoms with van der Waals surface area (Å²) in [6, 6.07) is 26.6. The lowest BCUT2D eigenvalue weighted by Crippen LogP contribution is -2.54. The van der Waals surface area contributed by atoms with Crippen LogP contribution in [0.3, 0.4) is 0 Å². The molecule has 0 aliphatic carbocycles. The van der Waals surface area contributed by atoms with E-state index in [1.165, 1.54) is 30.2 Å². The molecule has 0 bridgehead atoms. The van der Waals surface area contributed by atoms with Crippen molar-refractivity contribution in [1.82, 2.24) is 10.2 Å². The van der Waals surface area contributed by atoms with Crippen LogP contribution in [0.25, 0.3) is 0 Å². The highest BCUT2D eigenvalue weighted by molar-refractivity contribution is 9.10. The van der Waals surface area contributed by atoms with Crippen LogP contribution in [0.4, 0.5) is 5.69 Å². The predicted molar refractivity (Wildman–Crippen MR) is 186 cm³/mol. The Morgan fingerprint density at radius 1 is 0.913 bits per heavy atom. The SMILES string of the molecule is COc1ccc(Cl)cc1N(CC(=O)N(Cc1cccc(Br)c1)[C@@H](Cc1ccccc1)C(=O)NC(C)C)S(=O)(=O)c1ccc(C)cc1. The maximum absolute atomic E-state index is 14.6. The molecule has 4 rings (SSSR count). The number of nitrogens with zero attached hydrogens (tertiary/aromatic N) is 2. The highest BCUT2D eigenvalue weighted by Gasteiger charge is 2.36. The van der Waals surface area contributed by atoms with Gasteiger partial charge in [0.25, 0.3) is 10.0 Å². The van der Waals surface area contributed by atoms with E-state index in [2.05, 4.69) is 21.2 Å². The van der Waals surface area contributed by atoms with Crippen LogP contribution >= 0.6 is 27.5 Å². The Hall–Kier alpha value is -3.86. The number of methoxy groups -OCH3 is 1. The van der Waals surface area contributed by atoms with Crippen molar-refractivity contribution >= 4 is 55.1 Å². The molecule has 11 heteroatoms. The number of hydrogen-bond acceptors (Lipinski definition) is 5. The highest BCUT2D eigenvalue weighted by atomic mass is 79.9. The zero-order chi connectivity index (χ0) is 33.4. The first-order valence-electron chi connectivity index (χ1n) is 14.7. The van der Waals surface area contributed by atoms with Crippen LogP contribution in [0.2, 0.25) is 5.02 Å². The first-order valence-corrected chi connectivity index (χ1v) is 17.3. The smallest absolute Gasteiger partial charge is 0.264 e. The van der Waals surface area contributed by atoms with Gasteiger partial charge in [-0.1, -0.05) is 87.7 Å². The average Bonchev–Trinajstić information content (AvgIpc) is 3.01. The Morgan fingerprint density at radius 3 is 2.22 bits per heavy atom. The molecule has 0 aliphatic rings. The molecule has 4 aromatic rings. The van der Waals surface area contributed by atoms with Crippen molar-refractivity contribution in [2.75, 3.05) is 18.0 Å². The van der Waals surface area contributed by atoms with Gasteiger partial charge in [0.05, 0.1) is 17.7 Å². The number of halogens is 2. The molecule has 0 aromatic heterocycles. The fraction of sp³-hybridized carbons (Fsp3) is 0.257. The van der Waals surface area contributed by atoms with Crippen molar-refractivity contribution in [3.05, 3.63) is 123 Å². The molecule has 8 nitrogen and oxygen atoms in total. The van der Waals surface area contributed by atoms with Crippen molar-refractivity contribution in [3.63, 3.8) is 0 Å². The van der Waals surface area contributed by atoms with Gasteiger partial charge in [0, 0.05) is 28.5 Å². The molecule has 0 fully saturated rings. The largest absolute Gasteiger partial charge is 0.495 e. The van der Waals surface area contributed by atoms with Gasteiger partial charge in [0.1, 0.15) is 18.3 Å². The van der Waals surface area contributed by atoms with Crippen molar-refractivity contribution in [2.24, 2.45) is 0 Å². The summed E-state index contributed by atoms with van der Waals surface area (Å²) in [5, 5.41) is 3.22. The molecule has 242 valence electrons. The Labute approximate surface area is 284 Å². The van der Waals surface area contributed by atoms with Gasteiger partial charge >= 0.3 is 0 Å². The van der Waals surface area contributed by atoms with Crippen molar-refractivity contribution in [3.8, 4) is 5.75 Å². The Balaban J connectivity index is 1.86. The zero-order valence-corrected chi connectivity index (χ0v) is 29.3. The Kier molecular flexibility index (Phi) is 11.9. The van der Waals surface area contributed by atoms with Crippen LogP contribution in [0.1, 0.15) is 30.5 Å². The third-order valence-corrected chi connectivity index (χ3v) is 9.74. The van der Waals surface area contributed by atoms with Crippen LogP contribution in [0.15, 0.2) is 106 Å².